The molecule has 0 bridgehead atoms. The van der Waals surface area contributed by atoms with Crippen molar-refractivity contribution in [1.82, 2.24) is 0 Å². The quantitative estimate of drug-likeness (QED) is 0.426. The molecule has 0 aliphatic rings. The molecule has 108 valence electrons. The topological polar surface area (TPSA) is 31.5 Å². The molecular weight excluding hydrogens is 375 g/mol. The van der Waals surface area contributed by atoms with Crippen LogP contribution in [0.2, 0.25) is 0 Å². The number of unbranched alkanes of at least 4 members (excludes halogenated alkanes) is 6. The summed E-state index contributed by atoms with van der Waals surface area (Å²) < 4.78 is 0. The first-order valence-corrected chi connectivity index (χ1v) is 6.62. The van der Waals surface area contributed by atoms with Crippen molar-refractivity contribution in [3.63, 3.8) is 0 Å². The van der Waals surface area contributed by atoms with E-state index in [-0.39, 0.29) is 31.3 Å². The van der Waals surface area contributed by atoms with Crippen LogP contribution in [0.25, 0.3) is 0 Å². The summed E-state index contributed by atoms with van der Waals surface area (Å²) in [6, 6.07) is 0. The summed E-state index contributed by atoms with van der Waals surface area (Å²) in [5.74, 6) is 0. The van der Waals surface area contributed by atoms with E-state index in [1.165, 1.54) is 38.5 Å². The van der Waals surface area contributed by atoms with Gasteiger partial charge in [-0.15, -0.1) is 0 Å². The molecule has 0 radical (unpaired) electrons. The largest absolute Gasteiger partial charge is 0.412 e. The van der Waals surface area contributed by atoms with Crippen molar-refractivity contribution in [2.24, 2.45) is 0 Å². The van der Waals surface area contributed by atoms with Crippen LogP contribution >= 0.6 is 0 Å². The molecule has 0 aromatic carbocycles. The normalized spacial score (nSPS) is 7.41. The minimum atomic E-state index is 0. The Bertz CT molecular complexity index is 47.7. The molecule has 0 fully saturated rings. The second-order valence-electron chi connectivity index (χ2n) is 3.62. The van der Waals surface area contributed by atoms with Gasteiger partial charge in [-0.05, 0) is 0 Å². The predicted octanol–water partition coefficient (Wildman–Crippen LogP) is 5.20. The zero-order chi connectivity index (χ0) is 12.4. The Hall–Kier alpha value is 0.830. The Labute approximate surface area is 130 Å². The second-order valence-corrected chi connectivity index (χ2v) is 3.62. The average Bonchev–Trinajstić information content (AvgIpc) is 2.23. The van der Waals surface area contributed by atoms with Crippen LogP contribution in [-0.2, 0) is 25.8 Å². The van der Waals surface area contributed by atoms with E-state index in [1.807, 2.05) is 0 Å². The van der Waals surface area contributed by atoms with Crippen LogP contribution in [0.3, 0.4) is 0 Å². The van der Waals surface area contributed by atoms with E-state index >= 15 is 0 Å². The maximum absolute atomic E-state index is 3.68. The van der Waals surface area contributed by atoms with Gasteiger partial charge in [-0.1, -0.05) is 59.3 Å². The van der Waals surface area contributed by atoms with Crippen molar-refractivity contribution in [3.8, 4) is 0 Å². The maximum Gasteiger partial charge on any atom is 0 e. The third-order valence-corrected chi connectivity index (χ3v) is 1.81. The fraction of sp³-hybridized carbons (Fsp3) is 0.800. The first kappa shape index (κ1) is 30.7. The van der Waals surface area contributed by atoms with Gasteiger partial charge in [0.05, 0.1) is 0 Å². The summed E-state index contributed by atoms with van der Waals surface area (Å²) in [6.07, 6.45) is 11.0. The number of hydrogen-bond acceptors (Lipinski definition) is 0. The molecule has 0 saturated heterocycles. The van der Waals surface area contributed by atoms with Crippen molar-refractivity contribution >= 4 is 0 Å². The molecule has 0 aliphatic heterocycles. The smallest absolute Gasteiger partial charge is 0 e. The van der Waals surface area contributed by atoms with Gasteiger partial charge in [0, 0.05) is 25.8 Å². The number of rotatable bonds is 6. The van der Waals surface area contributed by atoms with Crippen LogP contribution < -0.4 is 0 Å². The van der Waals surface area contributed by atoms with Gasteiger partial charge in [0.15, 0.2) is 0 Å². The molecule has 17 heavy (non-hydrogen) atoms. The van der Waals surface area contributed by atoms with Crippen LogP contribution in [0.4, 0.5) is 0 Å². The molecule has 1 nitrogen and oxygen atoms in total. The molecular formula is C15H35HfO-3. The van der Waals surface area contributed by atoms with Gasteiger partial charge < -0.3 is 26.2 Å². The van der Waals surface area contributed by atoms with Crippen molar-refractivity contribution in [2.75, 3.05) is 0 Å². The first-order valence-electron chi connectivity index (χ1n) is 6.62. The molecule has 0 rings (SSSR count). The molecule has 0 aromatic rings. The van der Waals surface area contributed by atoms with E-state index in [2.05, 4.69) is 41.5 Å². The fourth-order valence-corrected chi connectivity index (χ4v) is 0.750. The minimum absolute atomic E-state index is 0. The monoisotopic (exact) mass is 411 g/mol. The Morgan fingerprint density at radius 3 is 0.765 bits per heavy atom. The van der Waals surface area contributed by atoms with Crippen LogP contribution in [0.5, 0.6) is 0 Å². The molecule has 0 heterocycles. The molecule has 2 heteroatoms. The molecule has 0 aliphatic carbocycles. The molecule has 0 saturated carbocycles. The first-order chi connectivity index (χ1) is 7.24. The Morgan fingerprint density at radius 2 is 0.765 bits per heavy atom. The van der Waals surface area contributed by atoms with Gasteiger partial charge in [0.1, 0.15) is 0 Å². The van der Waals surface area contributed by atoms with Crippen molar-refractivity contribution < 1.29 is 31.3 Å². The van der Waals surface area contributed by atoms with Gasteiger partial charge in [-0.3, -0.25) is 0 Å². The van der Waals surface area contributed by atoms with Crippen LogP contribution in [-0.4, -0.2) is 5.48 Å². The van der Waals surface area contributed by atoms with Gasteiger partial charge in [0.2, 0.25) is 0 Å². The van der Waals surface area contributed by atoms with Gasteiger partial charge in [0.25, 0.3) is 0 Å². The number of hydrogen-bond donors (Lipinski definition) is 0. The summed E-state index contributed by atoms with van der Waals surface area (Å²) in [6.45, 7) is 17.5. The van der Waals surface area contributed by atoms with Gasteiger partial charge >= 0.3 is 0 Å². The van der Waals surface area contributed by atoms with Crippen molar-refractivity contribution in [2.45, 2.75) is 78.6 Å². The van der Waals surface area contributed by atoms with Crippen LogP contribution in [0, 0.1) is 20.8 Å². The molecule has 0 atom stereocenters. The molecule has 0 amide bonds. The minimum Gasteiger partial charge on any atom is -0.412 e. The van der Waals surface area contributed by atoms with E-state index in [4.69, 9.17) is 0 Å². The van der Waals surface area contributed by atoms with Crippen LogP contribution in [0.15, 0.2) is 0 Å². The summed E-state index contributed by atoms with van der Waals surface area (Å²) in [5, 5.41) is 0. The third kappa shape index (κ3) is 79.3. The fourth-order valence-electron chi connectivity index (χ4n) is 0.750. The van der Waals surface area contributed by atoms with E-state index in [0.717, 1.165) is 19.3 Å². The van der Waals surface area contributed by atoms with Crippen molar-refractivity contribution in [3.05, 3.63) is 20.8 Å². The zero-order valence-electron chi connectivity index (χ0n) is 12.5. The third-order valence-electron chi connectivity index (χ3n) is 1.81. The van der Waals surface area contributed by atoms with Gasteiger partial charge in [-0.25, -0.2) is 0 Å². The SMILES string of the molecule is O.[CH2-]CCCC.[CH2-]CCCC.[CH2-]CCCC.[Hf]. The molecule has 0 unspecified atom stereocenters. The standard InChI is InChI=1S/3C5H11.Hf.H2O/c3*1-3-5-4-2;;/h3*1,3-5H2,2H3;;1H2/q3*-1;;. The van der Waals surface area contributed by atoms with E-state index in [1.54, 1.807) is 0 Å². The van der Waals surface area contributed by atoms with Crippen LogP contribution in [0.1, 0.15) is 78.6 Å². The Morgan fingerprint density at radius 1 is 0.588 bits per heavy atom. The Kier molecular flexibility index (Phi) is 78.8. The maximum atomic E-state index is 3.68. The summed E-state index contributed by atoms with van der Waals surface area (Å²) in [7, 11) is 0. The van der Waals surface area contributed by atoms with E-state index in [9.17, 15) is 0 Å². The predicted molar refractivity (Wildman–Crippen MR) is 78.3 cm³/mol. The van der Waals surface area contributed by atoms with E-state index < -0.39 is 0 Å². The second kappa shape index (κ2) is 43.6. The average molecular weight is 410 g/mol. The Balaban J connectivity index is -0.0000000400. The summed E-state index contributed by atoms with van der Waals surface area (Å²) in [4.78, 5) is 0. The molecule has 0 spiro atoms. The van der Waals surface area contributed by atoms with E-state index in [0.29, 0.717) is 0 Å². The summed E-state index contributed by atoms with van der Waals surface area (Å²) >= 11 is 0. The summed E-state index contributed by atoms with van der Waals surface area (Å²) in [5.41, 5.74) is 0. The van der Waals surface area contributed by atoms with Gasteiger partial charge in [-0.2, -0.15) is 19.3 Å². The molecule has 0 aromatic heterocycles. The molecule has 2 N–H and O–H groups in total. The van der Waals surface area contributed by atoms with Crippen molar-refractivity contribution in [1.29, 1.82) is 0 Å². The zero-order valence-corrected chi connectivity index (χ0v) is 16.1.